The van der Waals surface area contributed by atoms with Gasteiger partial charge in [0.25, 0.3) is 0 Å². The van der Waals surface area contributed by atoms with Gasteiger partial charge in [-0.15, -0.1) is 0 Å². The lowest BCUT2D eigenvalue weighted by Gasteiger charge is -2.33. The van der Waals surface area contributed by atoms with Gasteiger partial charge in [-0.05, 0) is 55.5 Å². The molecule has 3 aromatic rings. The van der Waals surface area contributed by atoms with Gasteiger partial charge in [-0.2, -0.15) is 0 Å². The van der Waals surface area contributed by atoms with Crippen LogP contribution in [0.25, 0.3) is 11.0 Å². The van der Waals surface area contributed by atoms with Crippen LogP contribution in [0.1, 0.15) is 37.7 Å². The summed E-state index contributed by atoms with van der Waals surface area (Å²) in [7, 11) is 1.71. The van der Waals surface area contributed by atoms with Gasteiger partial charge >= 0.3 is 5.69 Å². The van der Waals surface area contributed by atoms with Crippen LogP contribution >= 0.6 is 0 Å². The molecular formula is C26H29FN4O3. The number of carbonyl (C=O) groups excluding carboxylic acids is 2. The molecule has 3 atom stereocenters. The Balaban J connectivity index is 1.48. The number of benzene rings is 2. The highest BCUT2D eigenvalue weighted by atomic mass is 19.1. The van der Waals surface area contributed by atoms with Gasteiger partial charge in [0.1, 0.15) is 12.4 Å². The van der Waals surface area contributed by atoms with E-state index in [9.17, 15) is 18.8 Å². The summed E-state index contributed by atoms with van der Waals surface area (Å²) in [6.07, 6.45) is 4.19. The Kier molecular flexibility index (Phi) is 5.98. The summed E-state index contributed by atoms with van der Waals surface area (Å²) in [6, 6.07) is 13.4. The van der Waals surface area contributed by atoms with Gasteiger partial charge in [-0.1, -0.05) is 30.7 Å². The third-order valence-corrected chi connectivity index (χ3v) is 7.26. The molecule has 2 fully saturated rings. The van der Waals surface area contributed by atoms with Gasteiger partial charge in [-0.3, -0.25) is 18.7 Å². The second-order valence-electron chi connectivity index (χ2n) is 9.42. The molecule has 0 saturated carbocycles. The minimum absolute atomic E-state index is 0.0230. The summed E-state index contributed by atoms with van der Waals surface area (Å²) in [5.74, 6) is -0.407. The van der Waals surface area contributed by atoms with Crippen LogP contribution in [0, 0.1) is 5.82 Å². The van der Waals surface area contributed by atoms with Crippen molar-refractivity contribution in [3.8, 4) is 0 Å². The highest BCUT2D eigenvalue weighted by molar-refractivity contribution is 5.82. The first kappa shape index (κ1) is 22.4. The van der Waals surface area contributed by atoms with Crippen LogP contribution in [-0.2, 0) is 29.6 Å². The number of imidazole rings is 1. The standard InChI is InChI=1S/C26H29FN4O3/c1-29-22-7-2-3-8-23(22)30(26(29)34)16-25(33)31-19(14-17-10-12-18(27)13-11-17)15-20-21(31)6-4-5-9-24(32)28-20/h2-3,7-8,10-13,19-21H,4-6,9,14-16H2,1H3,(H,28,32)/t19-,20+,21-/m0/s1. The van der Waals surface area contributed by atoms with Crippen molar-refractivity contribution in [2.24, 2.45) is 7.05 Å². The van der Waals surface area contributed by atoms with Crippen LogP contribution in [0.5, 0.6) is 0 Å². The SMILES string of the molecule is Cn1c(=O)n(CC(=O)N2[C@@H](Cc3ccc(F)cc3)C[C@H]3NC(=O)CCCC[C@@H]32)c2ccccc21. The van der Waals surface area contributed by atoms with Crippen molar-refractivity contribution in [1.82, 2.24) is 19.4 Å². The number of halogens is 1. The number of hydrogen-bond acceptors (Lipinski definition) is 3. The van der Waals surface area contributed by atoms with E-state index in [0.29, 0.717) is 19.3 Å². The Morgan fingerprint density at radius 3 is 2.56 bits per heavy atom. The maximum Gasteiger partial charge on any atom is 0.329 e. The number of fused-ring (bicyclic) bond motifs is 2. The molecule has 2 aromatic carbocycles. The van der Waals surface area contributed by atoms with E-state index in [0.717, 1.165) is 35.9 Å². The van der Waals surface area contributed by atoms with Gasteiger partial charge in [0, 0.05) is 19.5 Å². The number of aromatic nitrogens is 2. The fourth-order valence-corrected chi connectivity index (χ4v) is 5.64. The van der Waals surface area contributed by atoms with Crippen molar-refractivity contribution in [2.45, 2.75) is 63.2 Å². The van der Waals surface area contributed by atoms with Crippen molar-refractivity contribution in [2.75, 3.05) is 0 Å². The number of hydrogen-bond donors (Lipinski definition) is 1. The van der Waals surface area contributed by atoms with Crippen molar-refractivity contribution < 1.29 is 14.0 Å². The van der Waals surface area contributed by atoms with E-state index in [1.807, 2.05) is 29.2 Å². The van der Waals surface area contributed by atoms with E-state index in [-0.39, 0.29) is 48.0 Å². The average Bonchev–Trinajstić information content (AvgIpc) is 3.26. The summed E-state index contributed by atoms with van der Waals surface area (Å²) in [5.41, 5.74) is 2.21. The van der Waals surface area contributed by atoms with Gasteiger partial charge in [-0.25, -0.2) is 9.18 Å². The van der Waals surface area contributed by atoms with Crippen LogP contribution in [0.4, 0.5) is 4.39 Å². The summed E-state index contributed by atoms with van der Waals surface area (Å²) in [5, 5.41) is 3.13. The lowest BCUT2D eigenvalue weighted by Crippen LogP contribution is -2.50. The molecule has 1 N–H and O–H groups in total. The largest absolute Gasteiger partial charge is 0.351 e. The normalized spacial score (nSPS) is 22.8. The Morgan fingerprint density at radius 2 is 1.79 bits per heavy atom. The molecule has 2 aliphatic heterocycles. The molecule has 0 spiro atoms. The molecular weight excluding hydrogens is 435 g/mol. The zero-order valence-corrected chi connectivity index (χ0v) is 19.2. The number of rotatable bonds is 4. The third-order valence-electron chi connectivity index (χ3n) is 7.26. The van der Waals surface area contributed by atoms with E-state index in [1.165, 1.54) is 16.7 Å². The van der Waals surface area contributed by atoms with Crippen LogP contribution < -0.4 is 11.0 Å². The first-order valence-electron chi connectivity index (χ1n) is 11.9. The molecule has 5 rings (SSSR count). The second kappa shape index (κ2) is 9.08. The lowest BCUT2D eigenvalue weighted by atomic mass is 9.97. The number of carbonyl (C=O) groups is 2. The van der Waals surface area contributed by atoms with Gasteiger partial charge in [0.2, 0.25) is 11.8 Å². The summed E-state index contributed by atoms with van der Waals surface area (Å²) in [6.45, 7) is -0.0583. The molecule has 2 saturated heterocycles. The molecule has 178 valence electrons. The third kappa shape index (κ3) is 4.13. The molecule has 7 nitrogen and oxygen atoms in total. The molecule has 3 heterocycles. The molecule has 1 aromatic heterocycles. The average molecular weight is 465 g/mol. The predicted molar refractivity (Wildman–Crippen MR) is 127 cm³/mol. The Bertz CT molecular complexity index is 1280. The minimum Gasteiger partial charge on any atom is -0.351 e. The van der Waals surface area contributed by atoms with Gasteiger partial charge < -0.3 is 10.2 Å². The van der Waals surface area contributed by atoms with Crippen molar-refractivity contribution in [1.29, 1.82) is 0 Å². The van der Waals surface area contributed by atoms with Crippen molar-refractivity contribution >= 4 is 22.8 Å². The lowest BCUT2D eigenvalue weighted by molar-refractivity contribution is -0.135. The number of para-hydroxylation sites is 2. The molecule has 0 radical (unpaired) electrons. The zero-order valence-electron chi connectivity index (χ0n) is 19.2. The quantitative estimate of drug-likeness (QED) is 0.645. The fraction of sp³-hybridized carbons (Fsp3) is 0.423. The molecule has 2 amide bonds. The Hall–Kier alpha value is -3.42. The number of nitrogens with zero attached hydrogens (tertiary/aromatic N) is 3. The van der Waals surface area contributed by atoms with Gasteiger partial charge in [0.15, 0.2) is 0 Å². The van der Waals surface area contributed by atoms with Crippen molar-refractivity contribution in [3.05, 3.63) is 70.4 Å². The smallest absolute Gasteiger partial charge is 0.329 e. The van der Waals surface area contributed by atoms with E-state index < -0.39 is 0 Å². The zero-order chi connectivity index (χ0) is 23.8. The monoisotopic (exact) mass is 464 g/mol. The van der Waals surface area contributed by atoms with Crippen LogP contribution in [-0.4, -0.2) is 44.0 Å². The summed E-state index contributed by atoms with van der Waals surface area (Å²) in [4.78, 5) is 41.0. The Morgan fingerprint density at radius 1 is 1.06 bits per heavy atom. The number of aryl methyl sites for hydroxylation is 1. The fourth-order valence-electron chi connectivity index (χ4n) is 5.64. The molecule has 8 heteroatoms. The summed E-state index contributed by atoms with van der Waals surface area (Å²) < 4.78 is 16.5. The van der Waals surface area contributed by atoms with Crippen LogP contribution in [0.15, 0.2) is 53.3 Å². The molecule has 2 aliphatic rings. The first-order chi connectivity index (χ1) is 16.4. The maximum atomic E-state index is 13.8. The van der Waals surface area contributed by atoms with E-state index in [2.05, 4.69) is 5.32 Å². The molecule has 0 bridgehead atoms. The predicted octanol–water partition coefficient (Wildman–Crippen LogP) is 2.75. The minimum atomic E-state index is -0.299. The number of nitrogens with one attached hydrogen (secondary N) is 1. The molecule has 34 heavy (non-hydrogen) atoms. The Labute approximate surface area is 197 Å². The maximum absolute atomic E-state index is 13.8. The van der Waals surface area contributed by atoms with E-state index in [4.69, 9.17) is 0 Å². The second-order valence-corrected chi connectivity index (χ2v) is 9.42. The van der Waals surface area contributed by atoms with Crippen LogP contribution in [0.3, 0.4) is 0 Å². The highest BCUT2D eigenvalue weighted by Crippen LogP contribution is 2.32. The topological polar surface area (TPSA) is 76.3 Å². The van der Waals surface area contributed by atoms with Crippen LogP contribution in [0.2, 0.25) is 0 Å². The number of amides is 2. The molecule has 0 unspecified atom stereocenters. The molecule has 0 aliphatic carbocycles. The highest BCUT2D eigenvalue weighted by Gasteiger charge is 2.44. The first-order valence-corrected chi connectivity index (χ1v) is 11.9. The van der Waals surface area contributed by atoms with Crippen molar-refractivity contribution in [3.63, 3.8) is 0 Å². The van der Waals surface area contributed by atoms with Gasteiger partial charge in [0.05, 0.1) is 23.1 Å². The van der Waals surface area contributed by atoms with E-state index >= 15 is 0 Å². The van der Waals surface area contributed by atoms with E-state index in [1.54, 1.807) is 23.7 Å². The number of likely N-dealkylation sites (tertiary alicyclic amines) is 1. The summed E-state index contributed by atoms with van der Waals surface area (Å²) >= 11 is 0.